The van der Waals surface area contributed by atoms with Crippen molar-refractivity contribution in [3.05, 3.63) is 106 Å². The van der Waals surface area contributed by atoms with E-state index in [4.69, 9.17) is 16.3 Å². The van der Waals surface area contributed by atoms with E-state index in [1.807, 2.05) is 18.2 Å². The number of nitrogens with zero attached hydrogens (tertiary/aromatic N) is 1. The molecule has 0 aromatic heterocycles. The largest absolute Gasteiger partial charge is 0.507 e. The van der Waals surface area contributed by atoms with Crippen LogP contribution in [0.1, 0.15) is 22.7 Å². The van der Waals surface area contributed by atoms with Crippen molar-refractivity contribution in [3.63, 3.8) is 0 Å². The first kappa shape index (κ1) is 23.5. The van der Waals surface area contributed by atoms with Crippen LogP contribution in [0.2, 0.25) is 5.02 Å². The van der Waals surface area contributed by atoms with Crippen LogP contribution >= 0.6 is 11.6 Å². The lowest BCUT2D eigenvalue weighted by Gasteiger charge is -2.24. The number of ether oxygens (including phenoxy) is 1. The lowest BCUT2D eigenvalue weighted by molar-refractivity contribution is -0.140. The van der Waals surface area contributed by atoms with Gasteiger partial charge in [0.2, 0.25) is 0 Å². The molecular formula is C26H21ClFNO5. The molecule has 1 atom stereocenters. The van der Waals surface area contributed by atoms with Gasteiger partial charge < -0.3 is 19.8 Å². The summed E-state index contributed by atoms with van der Waals surface area (Å²) in [6.45, 7) is -0.305. The Morgan fingerprint density at radius 3 is 2.47 bits per heavy atom. The SMILES string of the molecule is O=C1C(=O)N(CCO)C(c2ccc(F)cc2)/C1=C(\O)c1cccc(OCc2ccccc2Cl)c1. The lowest BCUT2D eigenvalue weighted by atomic mass is 9.95. The number of carbonyl (C=O) groups is 2. The fourth-order valence-electron chi connectivity index (χ4n) is 3.88. The van der Waals surface area contributed by atoms with Crippen LogP contribution in [0.4, 0.5) is 4.39 Å². The normalized spacial score (nSPS) is 17.3. The molecule has 4 rings (SSSR count). The molecule has 1 aliphatic heterocycles. The first-order valence-corrected chi connectivity index (χ1v) is 10.9. The summed E-state index contributed by atoms with van der Waals surface area (Å²) in [5.74, 6) is -2.19. The Morgan fingerprint density at radius 2 is 1.76 bits per heavy atom. The van der Waals surface area contributed by atoms with Gasteiger partial charge >= 0.3 is 0 Å². The number of aliphatic hydroxyl groups is 2. The fraction of sp³-hybridized carbons (Fsp3) is 0.154. The molecule has 2 N–H and O–H groups in total. The third-order valence-corrected chi connectivity index (χ3v) is 5.89. The summed E-state index contributed by atoms with van der Waals surface area (Å²) >= 11 is 6.17. The molecule has 174 valence electrons. The van der Waals surface area contributed by atoms with Gasteiger partial charge in [0.1, 0.15) is 23.9 Å². The van der Waals surface area contributed by atoms with Crippen LogP contribution in [0.3, 0.4) is 0 Å². The van der Waals surface area contributed by atoms with Gasteiger partial charge in [-0.05, 0) is 35.9 Å². The minimum atomic E-state index is -0.972. The van der Waals surface area contributed by atoms with E-state index in [0.717, 1.165) is 5.56 Å². The van der Waals surface area contributed by atoms with Crippen LogP contribution in [0.25, 0.3) is 5.76 Å². The fourth-order valence-corrected chi connectivity index (χ4v) is 4.07. The van der Waals surface area contributed by atoms with Crippen LogP contribution in [0, 0.1) is 5.82 Å². The zero-order chi connectivity index (χ0) is 24.2. The number of ketones is 1. The van der Waals surface area contributed by atoms with Crippen LogP contribution in [-0.4, -0.2) is 40.0 Å². The van der Waals surface area contributed by atoms with Crippen molar-refractivity contribution in [3.8, 4) is 5.75 Å². The number of rotatable bonds is 7. The molecule has 1 fully saturated rings. The summed E-state index contributed by atoms with van der Waals surface area (Å²) in [4.78, 5) is 26.7. The molecule has 1 aliphatic rings. The summed E-state index contributed by atoms with van der Waals surface area (Å²) < 4.78 is 19.3. The zero-order valence-electron chi connectivity index (χ0n) is 17.9. The first-order chi connectivity index (χ1) is 16.4. The van der Waals surface area contributed by atoms with Crippen molar-refractivity contribution < 1.29 is 28.9 Å². The van der Waals surface area contributed by atoms with Crippen LogP contribution < -0.4 is 4.74 Å². The van der Waals surface area contributed by atoms with Crippen molar-refractivity contribution in [1.29, 1.82) is 0 Å². The standard InChI is InChI=1S/C26H21ClFNO5/c27-21-7-2-1-4-18(21)15-34-20-6-3-5-17(14-20)24(31)22-23(16-8-10-19(28)11-9-16)29(12-13-30)26(33)25(22)32/h1-11,14,23,30-31H,12-13,15H2/b24-22+. The highest BCUT2D eigenvalue weighted by molar-refractivity contribution is 6.46. The number of amides is 1. The van der Waals surface area contributed by atoms with Crippen LogP contribution in [0.5, 0.6) is 5.75 Å². The van der Waals surface area contributed by atoms with Gasteiger partial charge in [-0.2, -0.15) is 0 Å². The van der Waals surface area contributed by atoms with Gasteiger partial charge in [0.05, 0.1) is 18.2 Å². The number of likely N-dealkylation sites (tertiary alicyclic amines) is 1. The summed E-state index contributed by atoms with van der Waals surface area (Å²) in [5.41, 5.74) is 1.34. The molecule has 3 aromatic rings. The second-order valence-electron chi connectivity index (χ2n) is 7.68. The van der Waals surface area contributed by atoms with Gasteiger partial charge in [-0.1, -0.05) is 54.1 Å². The average Bonchev–Trinajstić information content (AvgIpc) is 3.09. The number of hydrogen-bond donors (Lipinski definition) is 2. The molecule has 1 amide bonds. The topological polar surface area (TPSA) is 87.1 Å². The van der Waals surface area contributed by atoms with Gasteiger partial charge in [0.15, 0.2) is 0 Å². The highest BCUT2D eigenvalue weighted by atomic mass is 35.5. The van der Waals surface area contributed by atoms with Crippen molar-refractivity contribution in [2.24, 2.45) is 0 Å². The second kappa shape index (κ2) is 10.1. The van der Waals surface area contributed by atoms with Gasteiger partial charge in [-0.15, -0.1) is 0 Å². The maximum absolute atomic E-state index is 13.5. The van der Waals surface area contributed by atoms with E-state index in [0.29, 0.717) is 16.3 Å². The van der Waals surface area contributed by atoms with Crippen molar-refractivity contribution >= 4 is 29.1 Å². The number of hydrogen-bond acceptors (Lipinski definition) is 5. The minimum Gasteiger partial charge on any atom is -0.507 e. The number of halogens is 2. The molecule has 0 bridgehead atoms. The van der Waals surface area contributed by atoms with Crippen molar-refractivity contribution in [1.82, 2.24) is 4.90 Å². The number of aliphatic hydroxyl groups excluding tert-OH is 2. The van der Waals surface area contributed by atoms with Gasteiger partial charge in [0.25, 0.3) is 11.7 Å². The summed E-state index contributed by atoms with van der Waals surface area (Å²) in [6, 6.07) is 18.0. The smallest absolute Gasteiger partial charge is 0.295 e. The Labute approximate surface area is 200 Å². The van der Waals surface area contributed by atoms with E-state index in [9.17, 15) is 24.2 Å². The molecule has 34 heavy (non-hydrogen) atoms. The average molecular weight is 482 g/mol. The van der Waals surface area contributed by atoms with E-state index < -0.39 is 29.3 Å². The van der Waals surface area contributed by atoms with Gasteiger partial charge in [-0.25, -0.2) is 4.39 Å². The van der Waals surface area contributed by atoms with Gasteiger partial charge in [0, 0.05) is 22.7 Å². The number of carbonyl (C=O) groups excluding carboxylic acids is 2. The van der Waals surface area contributed by atoms with Crippen molar-refractivity contribution in [2.45, 2.75) is 12.6 Å². The summed E-state index contributed by atoms with van der Waals surface area (Å²) in [7, 11) is 0. The Bertz CT molecular complexity index is 1260. The Balaban J connectivity index is 1.71. The molecule has 8 heteroatoms. The molecule has 0 aliphatic carbocycles. The lowest BCUT2D eigenvalue weighted by Crippen LogP contribution is -2.32. The van der Waals surface area contributed by atoms with E-state index in [1.165, 1.54) is 29.2 Å². The maximum atomic E-state index is 13.5. The third kappa shape index (κ3) is 4.66. The van der Waals surface area contributed by atoms with E-state index in [2.05, 4.69) is 0 Å². The predicted octanol–water partition coefficient (Wildman–Crippen LogP) is 4.47. The first-order valence-electron chi connectivity index (χ1n) is 10.5. The molecule has 3 aromatic carbocycles. The van der Waals surface area contributed by atoms with E-state index in [1.54, 1.807) is 30.3 Å². The predicted molar refractivity (Wildman–Crippen MR) is 125 cm³/mol. The molecule has 0 saturated carbocycles. The number of Topliss-reactive ketones (excluding diaryl/α,β-unsaturated/α-hetero) is 1. The minimum absolute atomic E-state index is 0.121. The van der Waals surface area contributed by atoms with Crippen LogP contribution in [0.15, 0.2) is 78.4 Å². The highest BCUT2D eigenvalue weighted by Gasteiger charge is 2.45. The molecule has 0 radical (unpaired) electrons. The van der Waals surface area contributed by atoms with E-state index in [-0.39, 0.29) is 30.9 Å². The Kier molecular flexibility index (Phi) is 6.95. The molecule has 1 unspecified atom stereocenters. The molecule has 0 spiro atoms. The zero-order valence-corrected chi connectivity index (χ0v) is 18.7. The summed E-state index contributed by atoms with van der Waals surface area (Å²) in [6.07, 6.45) is 0. The molecule has 6 nitrogen and oxygen atoms in total. The summed E-state index contributed by atoms with van der Waals surface area (Å²) in [5, 5.41) is 21.1. The monoisotopic (exact) mass is 481 g/mol. The quantitative estimate of drug-likeness (QED) is 0.295. The third-order valence-electron chi connectivity index (χ3n) is 5.53. The van der Waals surface area contributed by atoms with Crippen LogP contribution in [-0.2, 0) is 16.2 Å². The highest BCUT2D eigenvalue weighted by Crippen LogP contribution is 2.39. The Hall–Kier alpha value is -3.68. The van der Waals surface area contributed by atoms with Crippen molar-refractivity contribution in [2.75, 3.05) is 13.2 Å². The maximum Gasteiger partial charge on any atom is 0.295 e. The molecule has 1 saturated heterocycles. The van der Waals surface area contributed by atoms with Gasteiger partial charge in [-0.3, -0.25) is 9.59 Å². The number of benzene rings is 3. The molecular weight excluding hydrogens is 461 g/mol. The second-order valence-corrected chi connectivity index (χ2v) is 8.08. The Morgan fingerprint density at radius 1 is 1.03 bits per heavy atom. The van der Waals surface area contributed by atoms with E-state index >= 15 is 0 Å². The number of β-amino-alcohol motifs (C(OH)–C–C–N with tert-alkyl or cyclic N) is 1. The molecule has 1 heterocycles.